The Balaban J connectivity index is 1.48. The largest absolute Gasteiger partial charge is 0.335 e. The van der Waals surface area contributed by atoms with Crippen molar-refractivity contribution in [2.24, 2.45) is 5.92 Å². The maximum atomic E-state index is 12.2. The van der Waals surface area contributed by atoms with E-state index in [9.17, 15) is 9.59 Å². The van der Waals surface area contributed by atoms with E-state index in [0.29, 0.717) is 32.7 Å². The fourth-order valence-corrected chi connectivity index (χ4v) is 3.76. The Bertz CT molecular complexity index is 813. The van der Waals surface area contributed by atoms with Gasteiger partial charge in [-0.25, -0.2) is 9.78 Å². The Hall–Kier alpha value is -2.42. The van der Waals surface area contributed by atoms with Gasteiger partial charge in [-0.3, -0.25) is 9.48 Å². The number of urea groups is 1. The smallest absolute Gasteiger partial charge is 0.315 e. The second kappa shape index (κ2) is 8.51. The molecule has 3 heterocycles. The van der Waals surface area contributed by atoms with E-state index in [0.717, 1.165) is 28.5 Å². The standard InChI is InChI=1S/C18H26N6O2S/c1-4-13-11-27-16(21-13)9-20-18(26)19-8-14-7-15-10-23(17(25)12(2)3)5-6-24(15)22-14/h7,11-12H,4-6,8-10H2,1-3H3,(H2,19,20,26). The van der Waals surface area contributed by atoms with Gasteiger partial charge in [-0.05, 0) is 12.5 Å². The molecule has 0 saturated heterocycles. The maximum Gasteiger partial charge on any atom is 0.315 e. The third kappa shape index (κ3) is 4.85. The van der Waals surface area contributed by atoms with E-state index in [1.807, 2.05) is 34.9 Å². The lowest BCUT2D eigenvalue weighted by Gasteiger charge is -2.29. The van der Waals surface area contributed by atoms with Crippen LogP contribution >= 0.6 is 11.3 Å². The van der Waals surface area contributed by atoms with Gasteiger partial charge in [0.2, 0.25) is 5.91 Å². The zero-order valence-corrected chi connectivity index (χ0v) is 16.8. The topological polar surface area (TPSA) is 92.2 Å². The van der Waals surface area contributed by atoms with Gasteiger partial charge in [0.25, 0.3) is 0 Å². The minimum Gasteiger partial charge on any atom is -0.335 e. The molecule has 2 aromatic rings. The summed E-state index contributed by atoms with van der Waals surface area (Å²) < 4.78 is 1.92. The van der Waals surface area contributed by atoms with Crippen LogP contribution < -0.4 is 10.6 Å². The number of carbonyl (C=O) groups excluding carboxylic acids is 2. The van der Waals surface area contributed by atoms with E-state index in [1.54, 1.807) is 11.3 Å². The Labute approximate surface area is 163 Å². The van der Waals surface area contributed by atoms with Crippen molar-refractivity contribution < 1.29 is 9.59 Å². The number of thiazole rings is 1. The van der Waals surface area contributed by atoms with Crippen LogP contribution in [0.15, 0.2) is 11.4 Å². The number of nitrogens with zero attached hydrogens (tertiary/aromatic N) is 4. The number of carbonyl (C=O) groups is 2. The van der Waals surface area contributed by atoms with Crippen LogP contribution in [0.25, 0.3) is 0 Å². The fourth-order valence-electron chi connectivity index (χ4n) is 2.95. The van der Waals surface area contributed by atoms with Crippen LogP contribution in [-0.2, 0) is 37.4 Å². The number of hydrogen-bond donors (Lipinski definition) is 2. The Morgan fingerprint density at radius 1 is 1.22 bits per heavy atom. The molecule has 8 nitrogen and oxygen atoms in total. The molecule has 9 heteroatoms. The molecule has 0 spiro atoms. The predicted molar refractivity (Wildman–Crippen MR) is 103 cm³/mol. The van der Waals surface area contributed by atoms with E-state index >= 15 is 0 Å². The molecular formula is C18H26N6O2S. The van der Waals surface area contributed by atoms with Crippen molar-refractivity contribution >= 4 is 23.3 Å². The van der Waals surface area contributed by atoms with Crippen molar-refractivity contribution in [3.8, 4) is 0 Å². The molecule has 1 aliphatic rings. The molecule has 0 bridgehead atoms. The molecule has 0 fully saturated rings. The van der Waals surface area contributed by atoms with Gasteiger partial charge in [0.15, 0.2) is 0 Å². The quantitative estimate of drug-likeness (QED) is 0.788. The van der Waals surface area contributed by atoms with E-state index in [1.165, 1.54) is 0 Å². The summed E-state index contributed by atoms with van der Waals surface area (Å²) in [7, 11) is 0. The van der Waals surface area contributed by atoms with E-state index in [2.05, 4.69) is 27.6 Å². The fraction of sp³-hybridized carbons (Fsp3) is 0.556. The molecule has 0 unspecified atom stereocenters. The van der Waals surface area contributed by atoms with Crippen LogP contribution in [0.2, 0.25) is 0 Å². The molecule has 0 aliphatic carbocycles. The van der Waals surface area contributed by atoms with E-state index < -0.39 is 0 Å². The van der Waals surface area contributed by atoms with E-state index in [-0.39, 0.29) is 17.9 Å². The summed E-state index contributed by atoms with van der Waals surface area (Å²) in [5.41, 5.74) is 2.84. The van der Waals surface area contributed by atoms with Gasteiger partial charge in [0.05, 0.1) is 43.3 Å². The van der Waals surface area contributed by atoms with Gasteiger partial charge < -0.3 is 15.5 Å². The van der Waals surface area contributed by atoms with Crippen molar-refractivity contribution in [2.45, 2.75) is 53.4 Å². The number of aromatic nitrogens is 3. The van der Waals surface area contributed by atoms with Crippen molar-refractivity contribution in [3.63, 3.8) is 0 Å². The zero-order valence-electron chi connectivity index (χ0n) is 16.0. The molecule has 2 aromatic heterocycles. The summed E-state index contributed by atoms with van der Waals surface area (Å²) in [5.74, 6) is 0.158. The highest BCUT2D eigenvalue weighted by molar-refractivity contribution is 7.09. The summed E-state index contributed by atoms with van der Waals surface area (Å²) in [6.07, 6.45) is 0.897. The first-order valence-corrected chi connectivity index (χ1v) is 10.1. The molecule has 1 aliphatic heterocycles. The lowest BCUT2D eigenvalue weighted by atomic mass is 10.1. The SMILES string of the molecule is CCc1csc(CNC(=O)NCc2cc3n(n2)CCN(C(=O)C(C)C)C3)n1. The zero-order chi connectivity index (χ0) is 19.4. The first kappa shape index (κ1) is 19.3. The Morgan fingerprint density at radius 3 is 2.70 bits per heavy atom. The van der Waals surface area contributed by atoms with Crippen LogP contribution in [0.1, 0.15) is 42.9 Å². The highest BCUT2D eigenvalue weighted by atomic mass is 32.1. The number of amides is 3. The first-order chi connectivity index (χ1) is 13.0. The number of rotatable bonds is 6. The van der Waals surface area contributed by atoms with Crippen molar-refractivity contribution in [3.05, 3.63) is 33.5 Å². The Morgan fingerprint density at radius 2 is 2.00 bits per heavy atom. The predicted octanol–water partition coefficient (Wildman–Crippen LogP) is 1.90. The molecule has 27 heavy (non-hydrogen) atoms. The molecule has 146 valence electrons. The van der Waals surface area contributed by atoms with Crippen LogP contribution in [0.4, 0.5) is 4.79 Å². The summed E-state index contributed by atoms with van der Waals surface area (Å²) in [4.78, 5) is 30.4. The molecule has 2 N–H and O–H groups in total. The lowest BCUT2D eigenvalue weighted by molar-refractivity contribution is -0.136. The van der Waals surface area contributed by atoms with Gasteiger partial charge in [0, 0.05) is 17.8 Å². The number of nitrogens with one attached hydrogen (secondary N) is 2. The van der Waals surface area contributed by atoms with Crippen LogP contribution in [-0.4, -0.2) is 38.1 Å². The molecule has 3 amide bonds. The molecule has 0 radical (unpaired) electrons. The third-order valence-corrected chi connectivity index (χ3v) is 5.34. The van der Waals surface area contributed by atoms with Crippen molar-refractivity contribution in [1.82, 2.24) is 30.3 Å². The van der Waals surface area contributed by atoms with Crippen molar-refractivity contribution in [2.75, 3.05) is 6.54 Å². The van der Waals surface area contributed by atoms with Gasteiger partial charge in [-0.15, -0.1) is 11.3 Å². The highest BCUT2D eigenvalue weighted by Crippen LogP contribution is 2.16. The second-order valence-electron chi connectivity index (χ2n) is 6.89. The lowest BCUT2D eigenvalue weighted by Crippen LogP contribution is -2.40. The molecule has 0 atom stereocenters. The summed E-state index contributed by atoms with van der Waals surface area (Å²) in [6.45, 7) is 8.58. The summed E-state index contributed by atoms with van der Waals surface area (Å²) in [5, 5.41) is 13.1. The minimum atomic E-state index is -0.245. The van der Waals surface area contributed by atoms with Crippen LogP contribution in [0.5, 0.6) is 0 Å². The van der Waals surface area contributed by atoms with Crippen molar-refractivity contribution in [1.29, 1.82) is 0 Å². The Kier molecular flexibility index (Phi) is 6.10. The molecule has 0 aromatic carbocycles. The number of hydrogen-bond acceptors (Lipinski definition) is 5. The number of fused-ring (bicyclic) bond motifs is 1. The average molecular weight is 391 g/mol. The molecular weight excluding hydrogens is 364 g/mol. The molecule has 3 rings (SSSR count). The maximum absolute atomic E-state index is 12.2. The molecule has 0 saturated carbocycles. The normalized spacial score (nSPS) is 13.6. The summed E-state index contributed by atoms with van der Waals surface area (Å²) in [6, 6.07) is 1.71. The van der Waals surface area contributed by atoms with Crippen LogP contribution in [0.3, 0.4) is 0 Å². The second-order valence-corrected chi connectivity index (χ2v) is 7.83. The number of aryl methyl sites for hydroxylation is 1. The average Bonchev–Trinajstić information content (AvgIpc) is 3.29. The first-order valence-electron chi connectivity index (χ1n) is 9.25. The van der Waals surface area contributed by atoms with Gasteiger partial charge >= 0.3 is 6.03 Å². The van der Waals surface area contributed by atoms with Gasteiger partial charge in [0.1, 0.15) is 5.01 Å². The highest BCUT2D eigenvalue weighted by Gasteiger charge is 2.23. The van der Waals surface area contributed by atoms with Crippen LogP contribution in [0, 0.1) is 5.92 Å². The van der Waals surface area contributed by atoms with Gasteiger partial charge in [-0.2, -0.15) is 5.10 Å². The minimum absolute atomic E-state index is 0.00412. The summed E-state index contributed by atoms with van der Waals surface area (Å²) >= 11 is 1.55. The monoisotopic (exact) mass is 390 g/mol. The van der Waals surface area contributed by atoms with Gasteiger partial charge in [-0.1, -0.05) is 20.8 Å². The third-order valence-electron chi connectivity index (χ3n) is 4.45. The van der Waals surface area contributed by atoms with E-state index in [4.69, 9.17) is 0 Å².